The normalized spacial score (nSPS) is 9.80. The second-order valence-corrected chi connectivity index (χ2v) is 4.70. The van der Waals surface area contributed by atoms with Crippen LogP contribution in [-0.4, -0.2) is 22.8 Å². The molecule has 2 aromatic rings. The Morgan fingerprint density at radius 3 is 2.70 bits per heavy atom. The van der Waals surface area contributed by atoms with Gasteiger partial charge in [-0.1, -0.05) is 48.2 Å². The molecule has 0 atom stereocenters. The van der Waals surface area contributed by atoms with E-state index in [1.54, 1.807) is 6.08 Å². The highest BCUT2D eigenvalue weighted by Gasteiger charge is 2.15. The molecule has 0 radical (unpaired) electrons. The Balaban J connectivity index is 2.60. The van der Waals surface area contributed by atoms with E-state index in [4.69, 9.17) is 0 Å². The average molecular weight is 282 g/mol. The zero-order valence-electron chi connectivity index (χ0n) is 11.1. The highest BCUT2D eigenvalue weighted by Crippen LogP contribution is 2.27. The number of nitrogens with one attached hydrogen (secondary N) is 1. The van der Waals surface area contributed by atoms with Crippen molar-refractivity contribution in [3.63, 3.8) is 0 Å². The minimum atomic E-state index is 0.454. The van der Waals surface area contributed by atoms with Gasteiger partial charge in [-0.25, -0.2) is 9.97 Å². The molecule has 1 aromatic heterocycles. The van der Waals surface area contributed by atoms with Gasteiger partial charge >= 0.3 is 0 Å². The van der Waals surface area contributed by atoms with E-state index < -0.39 is 0 Å². The molecule has 2 rings (SSSR count). The second kappa shape index (κ2) is 6.73. The molecule has 0 aliphatic heterocycles. The minimum absolute atomic E-state index is 0.454. The number of hydrogen-bond acceptors (Lipinski definition) is 5. The minimum Gasteiger partial charge on any atom is -0.365 e. The van der Waals surface area contributed by atoms with Crippen molar-refractivity contribution in [1.82, 2.24) is 9.97 Å². The number of nitriles is 1. The van der Waals surface area contributed by atoms with Gasteiger partial charge in [-0.3, -0.25) is 0 Å². The van der Waals surface area contributed by atoms with Crippen LogP contribution in [0.2, 0.25) is 0 Å². The van der Waals surface area contributed by atoms with Crippen LogP contribution in [0.15, 0.2) is 48.1 Å². The Morgan fingerprint density at radius 2 is 2.10 bits per heavy atom. The van der Waals surface area contributed by atoms with Crippen molar-refractivity contribution >= 4 is 17.6 Å². The smallest absolute Gasteiger partial charge is 0.189 e. The largest absolute Gasteiger partial charge is 0.365 e. The Morgan fingerprint density at radius 1 is 1.35 bits per heavy atom. The number of hydrogen-bond donors (Lipinski definition) is 1. The summed E-state index contributed by atoms with van der Waals surface area (Å²) in [5.74, 6) is 0.547. The quantitative estimate of drug-likeness (QED) is 0.518. The fourth-order valence-electron chi connectivity index (χ4n) is 1.74. The molecule has 0 saturated heterocycles. The van der Waals surface area contributed by atoms with Gasteiger partial charge in [0, 0.05) is 12.1 Å². The first-order chi connectivity index (χ1) is 9.80. The Hall–Kier alpha value is -2.32. The average Bonchev–Trinajstić information content (AvgIpc) is 2.52. The molecule has 0 aliphatic carbocycles. The zero-order chi connectivity index (χ0) is 14.4. The number of benzene rings is 1. The summed E-state index contributed by atoms with van der Waals surface area (Å²) in [5, 5.41) is 13.1. The van der Waals surface area contributed by atoms with Crippen LogP contribution >= 0.6 is 11.8 Å². The van der Waals surface area contributed by atoms with Crippen LogP contribution in [0.3, 0.4) is 0 Å². The number of thioether (sulfide) groups is 1. The molecule has 0 spiro atoms. The first kappa shape index (κ1) is 14.1. The standard InChI is InChI=1S/C15H14N4S/c1-3-9-17-14-12(10-16)13(18-15(19-14)20-2)11-7-5-4-6-8-11/h3-8H,1,9H2,2H3,(H,17,18,19). The van der Waals surface area contributed by atoms with Crippen molar-refractivity contribution in [2.24, 2.45) is 0 Å². The van der Waals surface area contributed by atoms with E-state index in [1.165, 1.54) is 11.8 Å². The number of anilines is 1. The van der Waals surface area contributed by atoms with Crippen LogP contribution < -0.4 is 5.32 Å². The summed E-state index contributed by atoms with van der Waals surface area (Å²) in [6.45, 7) is 4.21. The maximum atomic E-state index is 9.42. The maximum absolute atomic E-state index is 9.42. The van der Waals surface area contributed by atoms with Gasteiger partial charge in [0.05, 0.1) is 5.69 Å². The molecule has 4 nitrogen and oxygen atoms in total. The van der Waals surface area contributed by atoms with Crippen molar-refractivity contribution in [3.8, 4) is 17.3 Å². The fraction of sp³-hybridized carbons (Fsp3) is 0.133. The van der Waals surface area contributed by atoms with Gasteiger partial charge in [-0.15, -0.1) is 6.58 Å². The Bertz CT molecular complexity index is 647. The molecule has 0 unspecified atom stereocenters. The van der Waals surface area contributed by atoms with Gasteiger partial charge in [-0.2, -0.15) is 5.26 Å². The molecule has 0 bridgehead atoms. The lowest BCUT2D eigenvalue weighted by Gasteiger charge is -2.11. The lowest BCUT2D eigenvalue weighted by Crippen LogP contribution is -2.06. The maximum Gasteiger partial charge on any atom is 0.189 e. The summed E-state index contributed by atoms with van der Waals surface area (Å²) >= 11 is 1.45. The Kier molecular flexibility index (Phi) is 4.75. The lowest BCUT2D eigenvalue weighted by atomic mass is 10.1. The molecule has 1 aromatic carbocycles. The highest BCUT2D eigenvalue weighted by atomic mass is 32.2. The summed E-state index contributed by atoms with van der Waals surface area (Å²) in [4.78, 5) is 8.82. The molecule has 0 saturated carbocycles. The van der Waals surface area contributed by atoms with Gasteiger partial charge in [0.25, 0.3) is 0 Å². The van der Waals surface area contributed by atoms with Gasteiger partial charge in [-0.05, 0) is 6.26 Å². The fourth-order valence-corrected chi connectivity index (χ4v) is 2.10. The predicted octanol–water partition coefficient (Wildman–Crippen LogP) is 3.34. The third-order valence-electron chi connectivity index (χ3n) is 2.64. The van der Waals surface area contributed by atoms with Crippen molar-refractivity contribution in [3.05, 3.63) is 48.6 Å². The Labute approximate surface area is 122 Å². The van der Waals surface area contributed by atoms with Crippen LogP contribution in [-0.2, 0) is 0 Å². The third kappa shape index (κ3) is 2.98. The van der Waals surface area contributed by atoms with Gasteiger partial charge in [0.15, 0.2) is 5.16 Å². The van der Waals surface area contributed by atoms with Crippen molar-refractivity contribution in [2.75, 3.05) is 18.1 Å². The molecule has 1 heterocycles. The summed E-state index contributed by atoms with van der Waals surface area (Å²) in [6, 6.07) is 11.8. The summed E-state index contributed by atoms with van der Waals surface area (Å²) < 4.78 is 0. The van der Waals surface area contributed by atoms with Crippen molar-refractivity contribution < 1.29 is 0 Å². The summed E-state index contributed by atoms with van der Waals surface area (Å²) in [7, 11) is 0. The third-order valence-corrected chi connectivity index (χ3v) is 3.19. The molecular weight excluding hydrogens is 268 g/mol. The molecule has 1 N–H and O–H groups in total. The van der Waals surface area contributed by atoms with E-state index in [-0.39, 0.29) is 0 Å². The molecule has 0 fully saturated rings. The van der Waals surface area contributed by atoms with Crippen LogP contribution in [0.1, 0.15) is 5.56 Å². The summed E-state index contributed by atoms with van der Waals surface area (Å²) in [6.07, 6.45) is 3.64. The number of aromatic nitrogens is 2. The molecular formula is C15H14N4S. The second-order valence-electron chi connectivity index (χ2n) is 3.93. The molecule has 0 amide bonds. The van der Waals surface area contributed by atoms with E-state index in [0.717, 1.165) is 5.56 Å². The molecule has 20 heavy (non-hydrogen) atoms. The van der Waals surface area contributed by atoms with Crippen LogP contribution in [0.25, 0.3) is 11.3 Å². The lowest BCUT2D eigenvalue weighted by molar-refractivity contribution is 0.966. The van der Waals surface area contributed by atoms with Gasteiger partial charge in [0.1, 0.15) is 17.5 Å². The number of rotatable bonds is 5. The van der Waals surface area contributed by atoms with E-state index >= 15 is 0 Å². The SMILES string of the molecule is C=CCNc1nc(SC)nc(-c2ccccc2)c1C#N. The van der Waals surface area contributed by atoms with Crippen LogP contribution in [0.4, 0.5) is 5.82 Å². The van der Waals surface area contributed by atoms with E-state index in [0.29, 0.717) is 28.8 Å². The number of nitrogens with zero attached hydrogens (tertiary/aromatic N) is 3. The van der Waals surface area contributed by atoms with Crippen LogP contribution in [0, 0.1) is 11.3 Å². The monoisotopic (exact) mass is 282 g/mol. The van der Waals surface area contributed by atoms with E-state index in [2.05, 4.69) is 27.9 Å². The van der Waals surface area contributed by atoms with Gasteiger partial charge in [0.2, 0.25) is 0 Å². The zero-order valence-corrected chi connectivity index (χ0v) is 11.9. The van der Waals surface area contributed by atoms with Crippen molar-refractivity contribution in [2.45, 2.75) is 5.16 Å². The predicted molar refractivity (Wildman–Crippen MR) is 82.7 cm³/mol. The highest BCUT2D eigenvalue weighted by molar-refractivity contribution is 7.98. The first-order valence-corrected chi connectivity index (χ1v) is 7.29. The topological polar surface area (TPSA) is 61.6 Å². The van der Waals surface area contributed by atoms with Gasteiger partial charge < -0.3 is 5.32 Å². The molecule has 100 valence electrons. The molecule has 5 heteroatoms. The molecule has 0 aliphatic rings. The summed E-state index contributed by atoms with van der Waals surface area (Å²) in [5.41, 5.74) is 2.01. The first-order valence-electron chi connectivity index (χ1n) is 6.06. The van der Waals surface area contributed by atoms with E-state index in [9.17, 15) is 5.26 Å². The van der Waals surface area contributed by atoms with Crippen molar-refractivity contribution in [1.29, 1.82) is 5.26 Å². The van der Waals surface area contributed by atoms with Crippen LogP contribution in [0.5, 0.6) is 0 Å². The van der Waals surface area contributed by atoms with E-state index in [1.807, 2.05) is 36.6 Å².